The molecule has 0 heterocycles. The van der Waals surface area contributed by atoms with Crippen LogP contribution in [0.25, 0.3) is 0 Å². The fourth-order valence-electron chi connectivity index (χ4n) is 1.78. The van der Waals surface area contributed by atoms with Crippen molar-refractivity contribution in [2.45, 2.75) is 19.5 Å². The third-order valence-corrected chi connectivity index (χ3v) is 3.29. The fourth-order valence-corrected chi connectivity index (χ4v) is 2.22. The number of rotatable bonds is 4. The maximum Gasteiger partial charge on any atom is 0.0294 e. The molecule has 0 aliphatic rings. The summed E-state index contributed by atoms with van der Waals surface area (Å²) in [6.45, 7) is 3.07. The second-order valence-corrected chi connectivity index (χ2v) is 5.06. The van der Waals surface area contributed by atoms with E-state index in [1.807, 2.05) is 12.1 Å². The predicted octanol–water partition coefficient (Wildman–Crippen LogP) is 4.72. The Morgan fingerprint density at radius 3 is 2.44 bits per heavy atom. The quantitative estimate of drug-likeness (QED) is 0.857. The summed E-state index contributed by atoms with van der Waals surface area (Å²) in [5.41, 5.74) is 2.62. The Morgan fingerprint density at radius 2 is 1.78 bits per heavy atom. The van der Waals surface area contributed by atoms with Crippen LogP contribution < -0.4 is 5.32 Å². The van der Waals surface area contributed by atoms with Gasteiger partial charge in [-0.2, -0.15) is 0 Å². The maximum absolute atomic E-state index is 3.52. The van der Waals surface area contributed by atoms with Crippen LogP contribution in [-0.4, -0.2) is 0 Å². The second-order valence-electron chi connectivity index (χ2n) is 4.14. The molecule has 96 valence electrons. The molecule has 2 aromatic rings. The summed E-state index contributed by atoms with van der Waals surface area (Å²) in [4.78, 5) is 0. The minimum atomic E-state index is 0. The van der Waals surface area contributed by atoms with E-state index in [-0.39, 0.29) is 12.4 Å². The number of hydrogen-bond donors (Lipinski definition) is 1. The highest BCUT2D eigenvalue weighted by Crippen LogP contribution is 2.14. The molecule has 0 saturated carbocycles. The maximum atomic E-state index is 3.52. The van der Waals surface area contributed by atoms with E-state index >= 15 is 0 Å². The van der Waals surface area contributed by atoms with E-state index in [1.165, 1.54) is 11.1 Å². The molecule has 0 amide bonds. The summed E-state index contributed by atoms with van der Waals surface area (Å²) in [5.74, 6) is 0. The summed E-state index contributed by atoms with van der Waals surface area (Å²) in [5, 5.41) is 3.52. The van der Waals surface area contributed by atoms with E-state index < -0.39 is 0 Å². The molecule has 0 saturated heterocycles. The highest BCUT2D eigenvalue weighted by molar-refractivity contribution is 9.10. The monoisotopic (exact) mass is 325 g/mol. The van der Waals surface area contributed by atoms with E-state index in [2.05, 4.69) is 70.6 Å². The van der Waals surface area contributed by atoms with Crippen molar-refractivity contribution >= 4 is 28.3 Å². The van der Waals surface area contributed by atoms with Gasteiger partial charge in [0.1, 0.15) is 0 Å². The minimum absolute atomic E-state index is 0. The molecule has 0 aromatic heterocycles. The highest BCUT2D eigenvalue weighted by Gasteiger charge is 2.03. The van der Waals surface area contributed by atoms with Gasteiger partial charge in [-0.15, -0.1) is 12.4 Å². The Balaban J connectivity index is 0.00000162. The SMILES string of the molecule is CC(NCc1cccc(Br)c1)c1ccccc1.Cl. The summed E-state index contributed by atoms with van der Waals surface area (Å²) < 4.78 is 1.13. The lowest BCUT2D eigenvalue weighted by atomic mass is 10.1. The van der Waals surface area contributed by atoms with Crippen molar-refractivity contribution in [2.75, 3.05) is 0 Å². The van der Waals surface area contributed by atoms with Crippen LogP contribution >= 0.6 is 28.3 Å². The molecular formula is C15H17BrClN. The molecule has 1 atom stereocenters. The standard InChI is InChI=1S/C15H16BrN.ClH/c1-12(14-7-3-2-4-8-14)17-11-13-6-5-9-15(16)10-13;/h2-10,12,17H,11H2,1H3;1H. The average Bonchev–Trinajstić information content (AvgIpc) is 2.37. The fraction of sp³-hybridized carbons (Fsp3) is 0.200. The van der Waals surface area contributed by atoms with E-state index in [1.54, 1.807) is 0 Å². The van der Waals surface area contributed by atoms with Gasteiger partial charge in [-0.1, -0.05) is 58.4 Å². The molecule has 18 heavy (non-hydrogen) atoms. The van der Waals surface area contributed by atoms with Crippen LogP contribution in [0.3, 0.4) is 0 Å². The Bertz CT molecular complexity index is 473. The molecule has 0 spiro atoms. The van der Waals surface area contributed by atoms with Gasteiger partial charge in [-0.3, -0.25) is 0 Å². The zero-order chi connectivity index (χ0) is 12.1. The van der Waals surface area contributed by atoms with Crippen molar-refractivity contribution < 1.29 is 0 Å². The van der Waals surface area contributed by atoms with Crippen LogP contribution in [0, 0.1) is 0 Å². The highest BCUT2D eigenvalue weighted by atomic mass is 79.9. The van der Waals surface area contributed by atoms with Crippen LogP contribution in [0.1, 0.15) is 24.1 Å². The van der Waals surface area contributed by atoms with Gasteiger partial charge in [0.2, 0.25) is 0 Å². The van der Waals surface area contributed by atoms with Gasteiger partial charge in [0.15, 0.2) is 0 Å². The lowest BCUT2D eigenvalue weighted by Crippen LogP contribution is -2.17. The molecule has 1 unspecified atom stereocenters. The van der Waals surface area contributed by atoms with E-state index in [4.69, 9.17) is 0 Å². The molecule has 0 aliphatic heterocycles. The van der Waals surface area contributed by atoms with Gasteiger partial charge in [0.05, 0.1) is 0 Å². The summed E-state index contributed by atoms with van der Waals surface area (Å²) >= 11 is 3.49. The van der Waals surface area contributed by atoms with Crippen LogP contribution in [0.4, 0.5) is 0 Å². The molecule has 0 radical (unpaired) electrons. The normalized spacial score (nSPS) is 11.7. The van der Waals surface area contributed by atoms with Crippen molar-refractivity contribution in [1.82, 2.24) is 5.32 Å². The minimum Gasteiger partial charge on any atom is -0.306 e. The Kier molecular flexibility index (Phi) is 6.41. The smallest absolute Gasteiger partial charge is 0.0294 e. The van der Waals surface area contributed by atoms with Gasteiger partial charge < -0.3 is 5.32 Å². The van der Waals surface area contributed by atoms with Gasteiger partial charge in [-0.05, 0) is 30.2 Å². The van der Waals surface area contributed by atoms with Gasteiger partial charge in [-0.25, -0.2) is 0 Å². The van der Waals surface area contributed by atoms with Gasteiger partial charge >= 0.3 is 0 Å². The number of hydrogen-bond acceptors (Lipinski definition) is 1. The topological polar surface area (TPSA) is 12.0 Å². The summed E-state index contributed by atoms with van der Waals surface area (Å²) in [6.07, 6.45) is 0. The molecule has 3 heteroatoms. The summed E-state index contributed by atoms with van der Waals surface area (Å²) in [7, 11) is 0. The molecular weight excluding hydrogens is 310 g/mol. The third kappa shape index (κ3) is 4.45. The molecule has 0 bridgehead atoms. The second kappa shape index (κ2) is 7.57. The van der Waals surface area contributed by atoms with Gasteiger partial charge in [0, 0.05) is 17.1 Å². The van der Waals surface area contributed by atoms with Crippen LogP contribution in [0.2, 0.25) is 0 Å². The summed E-state index contributed by atoms with van der Waals surface area (Å²) in [6, 6.07) is 19.3. The van der Waals surface area contributed by atoms with Crippen LogP contribution in [0.5, 0.6) is 0 Å². The lowest BCUT2D eigenvalue weighted by Gasteiger charge is -2.14. The molecule has 2 aromatic carbocycles. The van der Waals surface area contributed by atoms with E-state index in [9.17, 15) is 0 Å². The lowest BCUT2D eigenvalue weighted by molar-refractivity contribution is 0.574. The van der Waals surface area contributed by atoms with E-state index in [0.717, 1.165) is 11.0 Å². The first kappa shape index (κ1) is 15.2. The van der Waals surface area contributed by atoms with Crippen LogP contribution in [0.15, 0.2) is 59.1 Å². The molecule has 1 N–H and O–H groups in total. The Labute approximate surface area is 123 Å². The van der Waals surface area contributed by atoms with Crippen molar-refractivity contribution in [3.8, 4) is 0 Å². The molecule has 1 nitrogen and oxygen atoms in total. The van der Waals surface area contributed by atoms with E-state index in [0.29, 0.717) is 6.04 Å². The molecule has 2 rings (SSSR count). The first-order valence-corrected chi connectivity index (χ1v) is 6.58. The van der Waals surface area contributed by atoms with Gasteiger partial charge in [0.25, 0.3) is 0 Å². The number of halogens is 2. The number of nitrogens with one attached hydrogen (secondary N) is 1. The first-order valence-electron chi connectivity index (χ1n) is 5.78. The predicted molar refractivity (Wildman–Crippen MR) is 83.1 cm³/mol. The Morgan fingerprint density at radius 1 is 1.06 bits per heavy atom. The van der Waals surface area contributed by atoms with Crippen molar-refractivity contribution in [1.29, 1.82) is 0 Å². The third-order valence-electron chi connectivity index (χ3n) is 2.80. The average molecular weight is 327 g/mol. The van der Waals surface area contributed by atoms with Crippen molar-refractivity contribution in [3.63, 3.8) is 0 Å². The van der Waals surface area contributed by atoms with Crippen molar-refractivity contribution in [3.05, 3.63) is 70.2 Å². The largest absolute Gasteiger partial charge is 0.306 e. The Hall–Kier alpha value is -0.830. The van der Waals surface area contributed by atoms with Crippen molar-refractivity contribution in [2.24, 2.45) is 0 Å². The first-order chi connectivity index (χ1) is 8.25. The zero-order valence-corrected chi connectivity index (χ0v) is 12.7. The zero-order valence-electron chi connectivity index (χ0n) is 10.3. The number of benzene rings is 2. The van der Waals surface area contributed by atoms with Crippen LogP contribution in [-0.2, 0) is 6.54 Å². The molecule has 0 fully saturated rings. The molecule has 0 aliphatic carbocycles.